The first-order valence-electron chi connectivity index (χ1n) is 14.0. The summed E-state index contributed by atoms with van der Waals surface area (Å²) in [5.41, 5.74) is 0.265. The fraction of sp³-hybridized carbons (Fsp3) is 0.645. The number of rotatable bonds is 5. The zero-order valence-electron chi connectivity index (χ0n) is 23.7. The summed E-state index contributed by atoms with van der Waals surface area (Å²) < 4.78 is 6.13. The number of nitrogens with one attached hydrogen (secondary N) is 1. The van der Waals surface area contributed by atoms with Gasteiger partial charge in [0, 0.05) is 18.5 Å². The Balaban J connectivity index is 1.88. The zero-order chi connectivity index (χ0) is 28.1. The van der Waals surface area contributed by atoms with Crippen molar-refractivity contribution in [2.24, 2.45) is 17.3 Å². The van der Waals surface area contributed by atoms with Crippen LogP contribution in [-0.2, 0) is 14.3 Å². The van der Waals surface area contributed by atoms with E-state index in [2.05, 4.69) is 23.8 Å². The fourth-order valence-electron chi connectivity index (χ4n) is 5.60. The molecular weight excluding hydrogens is 480 g/mol. The highest BCUT2D eigenvalue weighted by molar-refractivity contribution is 5.88. The van der Waals surface area contributed by atoms with Crippen LogP contribution in [0.4, 0.5) is 0 Å². The predicted molar refractivity (Wildman–Crippen MR) is 149 cm³/mol. The molecule has 1 amide bonds. The van der Waals surface area contributed by atoms with Gasteiger partial charge in [-0.3, -0.25) is 14.6 Å². The van der Waals surface area contributed by atoms with E-state index in [1.54, 1.807) is 26.1 Å². The maximum atomic E-state index is 13.7. The smallest absolute Gasteiger partial charge is 0.223 e. The van der Waals surface area contributed by atoms with Gasteiger partial charge in [-0.25, -0.2) is 0 Å². The van der Waals surface area contributed by atoms with Crippen LogP contribution in [0, 0.1) is 17.3 Å². The Kier molecular flexibility index (Phi) is 10.1. The van der Waals surface area contributed by atoms with Gasteiger partial charge in [-0.05, 0) is 69.2 Å². The highest BCUT2D eigenvalue weighted by Gasteiger charge is 2.52. The highest BCUT2D eigenvalue weighted by atomic mass is 16.6. The van der Waals surface area contributed by atoms with E-state index >= 15 is 0 Å². The minimum atomic E-state index is -1.20. The first-order chi connectivity index (χ1) is 17.9. The molecule has 3 rings (SSSR count). The number of aromatic nitrogens is 1. The molecule has 7 atom stereocenters. The van der Waals surface area contributed by atoms with Crippen LogP contribution in [0.15, 0.2) is 42.6 Å². The third-order valence-electron chi connectivity index (χ3n) is 8.63. The number of carbonyl (C=O) groups excluding carboxylic acids is 2. The Morgan fingerprint density at radius 1 is 1.26 bits per heavy atom. The number of epoxide rings is 1. The van der Waals surface area contributed by atoms with Gasteiger partial charge in [0.2, 0.25) is 5.91 Å². The molecule has 2 fully saturated rings. The number of aliphatic hydroxyl groups is 2. The molecule has 0 aromatic carbocycles. The number of amides is 1. The Morgan fingerprint density at radius 3 is 2.66 bits per heavy atom. The van der Waals surface area contributed by atoms with Crippen LogP contribution in [-0.4, -0.2) is 56.8 Å². The summed E-state index contributed by atoms with van der Waals surface area (Å²) in [6.07, 6.45) is 7.31. The van der Waals surface area contributed by atoms with Gasteiger partial charge in [-0.15, -0.1) is 6.58 Å². The van der Waals surface area contributed by atoms with Crippen molar-refractivity contribution in [2.75, 3.05) is 0 Å². The van der Waals surface area contributed by atoms with E-state index in [1.807, 2.05) is 38.1 Å². The monoisotopic (exact) mass is 526 g/mol. The number of fused-ring (bicyclic) bond motifs is 1. The van der Waals surface area contributed by atoms with E-state index in [4.69, 9.17) is 4.74 Å². The van der Waals surface area contributed by atoms with Gasteiger partial charge in [0.25, 0.3) is 0 Å². The van der Waals surface area contributed by atoms with Gasteiger partial charge in [0.05, 0.1) is 47.5 Å². The van der Waals surface area contributed by atoms with Crippen molar-refractivity contribution in [1.82, 2.24) is 10.3 Å². The number of hydrogen-bond donors (Lipinski definition) is 3. The summed E-state index contributed by atoms with van der Waals surface area (Å²) in [4.78, 5) is 31.3. The van der Waals surface area contributed by atoms with Crippen LogP contribution in [0.2, 0.25) is 0 Å². The van der Waals surface area contributed by atoms with E-state index in [0.29, 0.717) is 19.3 Å². The van der Waals surface area contributed by atoms with Gasteiger partial charge >= 0.3 is 0 Å². The van der Waals surface area contributed by atoms with E-state index < -0.39 is 23.5 Å². The lowest BCUT2D eigenvalue weighted by Crippen LogP contribution is -2.48. The lowest BCUT2D eigenvalue weighted by molar-refractivity contribution is -0.144. The molecule has 2 aliphatic heterocycles. The van der Waals surface area contributed by atoms with Crippen molar-refractivity contribution >= 4 is 17.8 Å². The quantitative estimate of drug-likeness (QED) is 0.381. The van der Waals surface area contributed by atoms with Crippen LogP contribution in [0.1, 0.15) is 85.3 Å². The normalized spacial score (nSPS) is 35.2. The molecule has 7 heteroatoms. The average Bonchev–Trinajstić information content (AvgIpc) is 3.51. The minimum absolute atomic E-state index is 0.00343. The van der Waals surface area contributed by atoms with Crippen LogP contribution in [0.3, 0.4) is 0 Å². The van der Waals surface area contributed by atoms with Crippen molar-refractivity contribution in [3.63, 3.8) is 0 Å². The SMILES string of the molecule is C=CCCC1C(=O)C(C)(C)C(O)CC(=O)NC(C(C)=Cc2ccccn2)CC2OC2(C)CCCC(C)C1O. The second-order valence-electron chi connectivity index (χ2n) is 12.1. The third-order valence-corrected chi connectivity index (χ3v) is 8.63. The van der Waals surface area contributed by atoms with Gasteiger partial charge in [0.1, 0.15) is 5.78 Å². The minimum Gasteiger partial charge on any atom is -0.392 e. The summed E-state index contributed by atoms with van der Waals surface area (Å²) in [7, 11) is 0. The van der Waals surface area contributed by atoms with Crippen molar-refractivity contribution in [3.8, 4) is 0 Å². The third kappa shape index (κ3) is 7.39. The number of nitrogens with zero attached hydrogens (tertiary/aromatic N) is 1. The van der Waals surface area contributed by atoms with Crippen molar-refractivity contribution in [1.29, 1.82) is 0 Å². The molecule has 38 heavy (non-hydrogen) atoms. The van der Waals surface area contributed by atoms with Crippen LogP contribution in [0.25, 0.3) is 6.08 Å². The fourth-order valence-corrected chi connectivity index (χ4v) is 5.60. The van der Waals surface area contributed by atoms with Crippen LogP contribution < -0.4 is 5.32 Å². The number of aliphatic hydroxyl groups excluding tert-OH is 2. The predicted octanol–water partition coefficient (Wildman–Crippen LogP) is 4.63. The van der Waals surface area contributed by atoms with Gasteiger partial charge < -0.3 is 20.3 Å². The van der Waals surface area contributed by atoms with Crippen molar-refractivity contribution in [3.05, 3.63) is 48.3 Å². The average molecular weight is 527 g/mol. The molecular formula is C31H46N2O5. The number of carbonyl (C=O) groups is 2. The Bertz CT molecular complexity index is 1010. The van der Waals surface area contributed by atoms with E-state index in [9.17, 15) is 19.8 Å². The van der Waals surface area contributed by atoms with Gasteiger partial charge in [-0.2, -0.15) is 0 Å². The first-order valence-corrected chi connectivity index (χ1v) is 14.0. The van der Waals surface area contributed by atoms with Crippen molar-refractivity contribution in [2.45, 2.75) is 110 Å². The summed E-state index contributed by atoms with van der Waals surface area (Å²) in [6, 6.07) is 5.39. The molecule has 0 bridgehead atoms. The number of pyridine rings is 1. The standard InChI is InChI=1S/C31H46N2O5/c1-7-8-14-23-28(36)20(2)12-11-15-31(6)26(38-31)18-24(21(3)17-22-13-9-10-16-32-22)33-27(35)19-25(34)30(4,5)29(23)37/h7,9-10,13,16-17,20,23-26,28,34,36H,1,8,11-12,14-15,18-19H2,2-6H3,(H,33,35). The number of Topliss-reactive ketones (excluding diaryl/α,β-unsaturated/α-hetero) is 1. The molecule has 0 saturated carbocycles. The Hall–Kier alpha value is -2.35. The molecule has 3 N–H and O–H groups in total. The van der Waals surface area contributed by atoms with Crippen LogP contribution >= 0.6 is 0 Å². The molecule has 1 aromatic rings. The zero-order valence-corrected chi connectivity index (χ0v) is 23.7. The Morgan fingerprint density at radius 2 is 2.00 bits per heavy atom. The Labute approximate surface area is 227 Å². The van der Waals surface area contributed by atoms with Crippen molar-refractivity contribution < 1.29 is 24.5 Å². The molecule has 1 aromatic heterocycles. The molecule has 2 aliphatic rings. The summed E-state index contributed by atoms with van der Waals surface area (Å²) in [6.45, 7) is 13.2. The molecule has 2 saturated heterocycles. The summed E-state index contributed by atoms with van der Waals surface area (Å²) in [5, 5.41) is 25.4. The molecule has 0 spiro atoms. The second kappa shape index (κ2) is 12.7. The maximum absolute atomic E-state index is 13.7. The molecule has 7 unspecified atom stereocenters. The summed E-state index contributed by atoms with van der Waals surface area (Å²) in [5.74, 6) is -1.27. The number of ether oxygens (including phenoxy) is 1. The molecule has 7 nitrogen and oxygen atoms in total. The summed E-state index contributed by atoms with van der Waals surface area (Å²) >= 11 is 0. The van der Waals surface area contributed by atoms with Gasteiger partial charge in [-0.1, -0.05) is 39.3 Å². The van der Waals surface area contributed by atoms with Gasteiger partial charge in [0.15, 0.2) is 0 Å². The van der Waals surface area contributed by atoms with Crippen LogP contribution in [0.5, 0.6) is 0 Å². The lowest BCUT2D eigenvalue weighted by atomic mass is 9.71. The van der Waals surface area contributed by atoms with E-state index in [0.717, 1.165) is 30.5 Å². The largest absolute Gasteiger partial charge is 0.392 e. The second-order valence-corrected chi connectivity index (χ2v) is 12.1. The maximum Gasteiger partial charge on any atom is 0.223 e. The molecule has 210 valence electrons. The van der Waals surface area contributed by atoms with E-state index in [1.165, 1.54) is 0 Å². The number of hydrogen-bond acceptors (Lipinski definition) is 6. The number of ketones is 1. The van der Waals surface area contributed by atoms with E-state index in [-0.39, 0.29) is 41.8 Å². The first kappa shape index (κ1) is 30.2. The molecule has 0 aliphatic carbocycles. The number of allylic oxidation sites excluding steroid dienone is 1. The lowest BCUT2D eigenvalue weighted by Gasteiger charge is -2.36. The highest BCUT2D eigenvalue weighted by Crippen LogP contribution is 2.44. The molecule has 0 radical (unpaired) electrons. The molecule has 3 heterocycles. The topological polar surface area (TPSA) is 112 Å².